The Balaban J connectivity index is 1.75. The third kappa shape index (κ3) is 3.36. The Labute approximate surface area is 133 Å². The topological polar surface area (TPSA) is 66.6 Å². The molecule has 6 nitrogen and oxygen atoms in total. The summed E-state index contributed by atoms with van der Waals surface area (Å²) in [6.07, 6.45) is 2.19. The van der Waals surface area contributed by atoms with E-state index in [1.807, 2.05) is 18.2 Å². The van der Waals surface area contributed by atoms with E-state index in [4.69, 9.17) is 18.6 Å². The van der Waals surface area contributed by atoms with Crippen LogP contribution in [0.25, 0.3) is 11.5 Å². The van der Waals surface area contributed by atoms with Crippen LogP contribution in [0.4, 0.5) is 0 Å². The minimum absolute atomic E-state index is 0.382. The molecule has 118 valence electrons. The van der Waals surface area contributed by atoms with Crippen molar-refractivity contribution < 1.29 is 18.6 Å². The molecule has 1 aliphatic heterocycles. The number of hydrogen-bond acceptors (Lipinski definition) is 7. The lowest BCUT2D eigenvalue weighted by atomic mass is 10.2. The minimum Gasteiger partial charge on any atom is -0.493 e. The first-order valence-corrected chi connectivity index (χ1v) is 7.98. The lowest BCUT2D eigenvalue weighted by Gasteiger charge is -2.19. The predicted octanol–water partition coefficient (Wildman–Crippen LogP) is 3.02. The van der Waals surface area contributed by atoms with Gasteiger partial charge in [0, 0.05) is 17.4 Å². The second-order valence-electron chi connectivity index (χ2n) is 4.90. The summed E-state index contributed by atoms with van der Waals surface area (Å²) in [7, 11) is 3.20. The van der Waals surface area contributed by atoms with Gasteiger partial charge in [-0.15, -0.1) is 10.2 Å². The second-order valence-corrected chi connectivity index (χ2v) is 6.15. The van der Waals surface area contributed by atoms with E-state index < -0.39 is 0 Å². The van der Waals surface area contributed by atoms with Crippen LogP contribution < -0.4 is 9.47 Å². The second kappa shape index (κ2) is 7.02. The van der Waals surface area contributed by atoms with Crippen molar-refractivity contribution in [3.05, 3.63) is 18.2 Å². The van der Waals surface area contributed by atoms with Gasteiger partial charge in [0.05, 0.1) is 20.8 Å². The summed E-state index contributed by atoms with van der Waals surface area (Å²) in [5.41, 5.74) is 0.803. The Kier molecular flexibility index (Phi) is 4.84. The molecule has 0 bridgehead atoms. The summed E-state index contributed by atoms with van der Waals surface area (Å²) >= 11 is 1.58. The Morgan fingerprint density at radius 3 is 2.77 bits per heavy atom. The Morgan fingerprint density at radius 2 is 2.05 bits per heavy atom. The zero-order valence-electron chi connectivity index (χ0n) is 12.6. The van der Waals surface area contributed by atoms with E-state index in [2.05, 4.69) is 10.2 Å². The van der Waals surface area contributed by atoms with Crippen LogP contribution >= 0.6 is 11.8 Å². The maximum Gasteiger partial charge on any atom is 0.277 e. The van der Waals surface area contributed by atoms with Gasteiger partial charge in [0.2, 0.25) is 5.89 Å². The fourth-order valence-electron chi connectivity index (χ4n) is 2.29. The van der Waals surface area contributed by atoms with Crippen LogP contribution in [0, 0.1) is 0 Å². The Hall–Kier alpha value is -1.73. The average molecular weight is 322 g/mol. The van der Waals surface area contributed by atoms with Gasteiger partial charge in [-0.3, -0.25) is 0 Å². The first-order chi connectivity index (χ1) is 10.8. The molecule has 0 aliphatic carbocycles. The van der Waals surface area contributed by atoms with Crippen molar-refractivity contribution in [1.82, 2.24) is 10.2 Å². The smallest absolute Gasteiger partial charge is 0.277 e. The number of benzene rings is 1. The standard InChI is InChI=1S/C15H18N2O4S/c1-18-12-6-5-10(8-13(12)19-2)14-16-17-15(21-14)22-11-4-3-7-20-9-11/h5-6,8,11H,3-4,7,9H2,1-2H3/t11-/m1/s1. The molecular formula is C15H18N2O4S. The minimum atomic E-state index is 0.382. The van der Waals surface area contributed by atoms with Crippen LogP contribution in [-0.4, -0.2) is 42.9 Å². The molecular weight excluding hydrogens is 304 g/mol. The Morgan fingerprint density at radius 1 is 1.18 bits per heavy atom. The number of aromatic nitrogens is 2. The van der Waals surface area contributed by atoms with Crippen LogP contribution in [0.5, 0.6) is 11.5 Å². The SMILES string of the molecule is COc1ccc(-c2nnc(S[C@@H]3CCCOC3)o2)cc1OC. The molecule has 2 heterocycles. The average Bonchev–Trinajstić information content (AvgIpc) is 3.03. The molecule has 1 fully saturated rings. The molecule has 0 unspecified atom stereocenters. The summed E-state index contributed by atoms with van der Waals surface area (Å²) in [4.78, 5) is 0. The number of ether oxygens (including phenoxy) is 3. The van der Waals surface area contributed by atoms with Gasteiger partial charge in [0.1, 0.15) is 0 Å². The van der Waals surface area contributed by atoms with Crippen molar-refractivity contribution in [1.29, 1.82) is 0 Å². The molecule has 7 heteroatoms. The third-order valence-electron chi connectivity index (χ3n) is 3.42. The van der Waals surface area contributed by atoms with Crippen molar-refractivity contribution in [3.8, 4) is 23.0 Å². The summed E-state index contributed by atoms with van der Waals surface area (Å²) in [5, 5.41) is 9.16. The van der Waals surface area contributed by atoms with Gasteiger partial charge >= 0.3 is 0 Å². The molecule has 2 aromatic rings. The van der Waals surface area contributed by atoms with Gasteiger partial charge in [-0.1, -0.05) is 11.8 Å². The van der Waals surface area contributed by atoms with Crippen molar-refractivity contribution in [2.24, 2.45) is 0 Å². The summed E-state index contributed by atoms with van der Waals surface area (Å²) in [5.74, 6) is 1.77. The van der Waals surface area contributed by atoms with Crippen molar-refractivity contribution >= 4 is 11.8 Å². The molecule has 3 rings (SSSR count). The van der Waals surface area contributed by atoms with Gasteiger partial charge < -0.3 is 18.6 Å². The van der Waals surface area contributed by atoms with E-state index >= 15 is 0 Å². The summed E-state index contributed by atoms with van der Waals surface area (Å²) in [6, 6.07) is 5.51. The van der Waals surface area contributed by atoms with Crippen LogP contribution in [0.3, 0.4) is 0 Å². The van der Waals surface area contributed by atoms with Crippen molar-refractivity contribution in [3.63, 3.8) is 0 Å². The molecule has 0 saturated carbocycles. The first kappa shape index (κ1) is 15.2. The van der Waals surface area contributed by atoms with Gasteiger partial charge in [-0.05, 0) is 31.0 Å². The Bertz CT molecular complexity index is 626. The maximum absolute atomic E-state index is 5.73. The highest BCUT2D eigenvalue weighted by atomic mass is 32.2. The lowest BCUT2D eigenvalue weighted by molar-refractivity contribution is 0.101. The largest absolute Gasteiger partial charge is 0.493 e. The molecule has 22 heavy (non-hydrogen) atoms. The zero-order valence-corrected chi connectivity index (χ0v) is 13.4. The van der Waals surface area contributed by atoms with E-state index in [-0.39, 0.29) is 0 Å². The molecule has 1 aromatic heterocycles. The molecule has 0 N–H and O–H groups in total. The summed E-state index contributed by atoms with van der Waals surface area (Å²) in [6.45, 7) is 1.58. The highest BCUT2D eigenvalue weighted by Crippen LogP contribution is 2.34. The monoisotopic (exact) mass is 322 g/mol. The fourth-order valence-corrected chi connectivity index (χ4v) is 3.24. The summed E-state index contributed by atoms with van der Waals surface area (Å²) < 4.78 is 21.7. The molecule has 1 saturated heterocycles. The van der Waals surface area contributed by atoms with Crippen LogP contribution in [0.2, 0.25) is 0 Å². The zero-order chi connectivity index (χ0) is 15.4. The maximum atomic E-state index is 5.73. The van der Waals surface area contributed by atoms with Crippen molar-refractivity contribution in [2.45, 2.75) is 23.3 Å². The van der Waals surface area contributed by atoms with Crippen LogP contribution in [0.1, 0.15) is 12.8 Å². The molecule has 0 spiro atoms. The number of methoxy groups -OCH3 is 2. The number of hydrogen-bond donors (Lipinski definition) is 0. The molecule has 1 aliphatic rings. The number of nitrogens with zero attached hydrogens (tertiary/aromatic N) is 2. The predicted molar refractivity (Wildman–Crippen MR) is 82.5 cm³/mol. The van der Waals surface area contributed by atoms with E-state index in [9.17, 15) is 0 Å². The van der Waals surface area contributed by atoms with Gasteiger partial charge in [-0.25, -0.2) is 0 Å². The molecule has 0 amide bonds. The quantitative estimate of drug-likeness (QED) is 0.838. The van der Waals surface area contributed by atoms with E-state index in [1.54, 1.807) is 26.0 Å². The highest BCUT2D eigenvalue weighted by molar-refractivity contribution is 7.99. The van der Waals surface area contributed by atoms with E-state index in [0.29, 0.717) is 27.9 Å². The lowest BCUT2D eigenvalue weighted by Crippen LogP contribution is -2.19. The normalized spacial score (nSPS) is 18.2. The van der Waals surface area contributed by atoms with Gasteiger partial charge in [0.25, 0.3) is 5.22 Å². The van der Waals surface area contributed by atoms with Crippen LogP contribution in [-0.2, 0) is 4.74 Å². The molecule has 1 atom stereocenters. The molecule has 1 aromatic carbocycles. The van der Waals surface area contributed by atoms with Gasteiger partial charge in [0.15, 0.2) is 11.5 Å². The third-order valence-corrected chi connectivity index (χ3v) is 4.49. The van der Waals surface area contributed by atoms with E-state index in [1.165, 1.54) is 0 Å². The number of rotatable bonds is 5. The van der Waals surface area contributed by atoms with Gasteiger partial charge in [-0.2, -0.15) is 0 Å². The van der Waals surface area contributed by atoms with E-state index in [0.717, 1.165) is 31.6 Å². The fraction of sp³-hybridized carbons (Fsp3) is 0.467. The number of thioether (sulfide) groups is 1. The highest BCUT2D eigenvalue weighted by Gasteiger charge is 2.19. The first-order valence-electron chi connectivity index (χ1n) is 7.10. The molecule has 0 radical (unpaired) electrons. The van der Waals surface area contributed by atoms with Crippen LogP contribution in [0.15, 0.2) is 27.8 Å². The van der Waals surface area contributed by atoms with Crippen molar-refractivity contribution in [2.75, 3.05) is 27.4 Å².